The number of hydrogen-bond acceptors (Lipinski definition) is 4. The van der Waals surface area contributed by atoms with Gasteiger partial charge in [0.1, 0.15) is 0 Å². The summed E-state index contributed by atoms with van der Waals surface area (Å²) in [5.41, 5.74) is 2.90. The molecule has 8 nitrogen and oxygen atoms in total. The van der Waals surface area contributed by atoms with Crippen molar-refractivity contribution in [2.45, 2.75) is 6.42 Å². The molecule has 178 valence electrons. The second kappa shape index (κ2) is 13.7. The maximum atomic E-state index is 12.6. The molecule has 1 aliphatic rings. The summed E-state index contributed by atoms with van der Waals surface area (Å²) in [7, 11) is 3.31. The second-order valence-corrected chi connectivity index (χ2v) is 7.59. The summed E-state index contributed by atoms with van der Waals surface area (Å²) in [5.74, 6) is 0.558. The molecule has 9 heteroatoms. The van der Waals surface area contributed by atoms with E-state index in [1.807, 2.05) is 41.3 Å². The summed E-state index contributed by atoms with van der Waals surface area (Å²) in [6.07, 6.45) is 0.737. The summed E-state index contributed by atoms with van der Waals surface area (Å²) in [4.78, 5) is 32.8. The van der Waals surface area contributed by atoms with E-state index in [4.69, 9.17) is 0 Å². The first kappa shape index (κ1) is 26.4. The van der Waals surface area contributed by atoms with Crippen molar-refractivity contribution in [3.05, 3.63) is 65.7 Å². The van der Waals surface area contributed by atoms with Crippen LogP contribution in [0.15, 0.2) is 59.6 Å². The van der Waals surface area contributed by atoms with Crippen LogP contribution in [0, 0.1) is 0 Å². The highest BCUT2D eigenvalue weighted by Crippen LogP contribution is 2.15. The van der Waals surface area contributed by atoms with E-state index in [0.717, 1.165) is 25.1 Å². The summed E-state index contributed by atoms with van der Waals surface area (Å²) >= 11 is 0. The lowest BCUT2D eigenvalue weighted by Crippen LogP contribution is -2.52. The molecule has 1 heterocycles. The average molecular weight is 564 g/mol. The normalized spacial score (nSPS) is 13.7. The molecule has 0 bridgehead atoms. The Morgan fingerprint density at radius 3 is 2.36 bits per heavy atom. The molecular formula is C24H33IN6O2. The Hall–Kier alpha value is -2.82. The van der Waals surface area contributed by atoms with Crippen LogP contribution in [0.4, 0.5) is 5.69 Å². The number of carbonyl (C=O) groups is 2. The van der Waals surface area contributed by atoms with E-state index >= 15 is 0 Å². The number of nitrogens with zero attached hydrogens (tertiary/aromatic N) is 3. The fourth-order valence-electron chi connectivity index (χ4n) is 3.68. The monoisotopic (exact) mass is 564 g/mol. The molecule has 1 fully saturated rings. The molecule has 2 amide bonds. The minimum Gasteiger partial charge on any atom is -0.368 e. The largest absolute Gasteiger partial charge is 0.368 e. The molecule has 2 aromatic rings. The summed E-state index contributed by atoms with van der Waals surface area (Å²) < 4.78 is 0. The summed E-state index contributed by atoms with van der Waals surface area (Å²) in [6, 6.07) is 17.8. The van der Waals surface area contributed by atoms with Crippen LogP contribution in [-0.4, -0.2) is 76.0 Å². The van der Waals surface area contributed by atoms with E-state index in [9.17, 15) is 9.59 Å². The highest BCUT2D eigenvalue weighted by atomic mass is 127. The SMILES string of the molecule is CN=C(NCCc1cccc(C(=O)NC)c1)NCC(=O)N1CCN(c2ccccc2)CC1.I. The number of guanidine groups is 1. The molecule has 33 heavy (non-hydrogen) atoms. The van der Waals surface area contributed by atoms with Gasteiger partial charge in [0.15, 0.2) is 5.96 Å². The van der Waals surface area contributed by atoms with Crippen molar-refractivity contribution in [2.75, 3.05) is 58.3 Å². The van der Waals surface area contributed by atoms with Crippen LogP contribution in [-0.2, 0) is 11.2 Å². The topological polar surface area (TPSA) is 89.1 Å². The van der Waals surface area contributed by atoms with E-state index in [1.54, 1.807) is 20.2 Å². The number of nitrogens with one attached hydrogen (secondary N) is 3. The maximum absolute atomic E-state index is 12.6. The van der Waals surface area contributed by atoms with Crippen molar-refractivity contribution in [2.24, 2.45) is 4.99 Å². The zero-order valence-electron chi connectivity index (χ0n) is 19.2. The number of para-hydroxylation sites is 1. The molecule has 0 spiro atoms. The minimum absolute atomic E-state index is 0. The first-order valence-electron chi connectivity index (χ1n) is 10.9. The van der Waals surface area contributed by atoms with Crippen LogP contribution in [0.3, 0.4) is 0 Å². The Bertz CT molecular complexity index is 930. The molecule has 3 N–H and O–H groups in total. The highest BCUT2D eigenvalue weighted by Gasteiger charge is 2.21. The lowest BCUT2D eigenvalue weighted by atomic mass is 10.1. The van der Waals surface area contributed by atoms with Crippen molar-refractivity contribution in [1.29, 1.82) is 0 Å². The minimum atomic E-state index is -0.0969. The van der Waals surface area contributed by atoms with Crippen LogP contribution >= 0.6 is 24.0 Å². The number of hydrogen-bond donors (Lipinski definition) is 3. The van der Waals surface area contributed by atoms with Gasteiger partial charge in [-0.1, -0.05) is 30.3 Å². The van der Waals surface area contributed by atoms with Crippen LogP contribution in [0.1, 0.15) is 15.9 Å². The first-order chi connectivity index (χ1) is 15.6. The van der Waals surface area contributed by atoms with Crippen molar-refractivity contribution in [3.8, 4) is 0 Å². The van der Waals surface area contributed by atoms with Gasteiger partial charge in [-0.15, -0.1) is 24.0 Å². The predicted octanol–water partition coefficient (Wildman–Crippen LogP) is 1.72. The molecule has 0 unspecified atom stereocenters. The molecule has 2 aromatic carbocycles. The van der Waals surface area contributed by atoms with Crippen molar-refractivity contribution < 1.29 is 9.59 Å². The molecule has 0 radical (unpaired) electrons. The van der Waals surface area contributed by atoms with Crippen molar-refractivity contribution >= 4 is 47.4 Å². The fraction of sp³-hybridized carbons (Fsp3) is 0.375. The summed E-state index contributed by atoms with van der Waals surface area (Å²) in [5, 5.41) is 8.97. The number of rotatable bonds is 7. The van der Waals surface area contributed by atoms with Gasteiger partial charge in [0, 0.05) is 58.1 Å². The van der Waals surface area contributed by atoms with Crippen LogP contribution in [0.5, 0.6) is 0 Å². The number of aliphatic imine (C=N–C) groups is 1. The molecule has 0 atom stereocenters. The van der Waals surface area contributed by atoms with Gasteiger partial charge in [-0.05, 0) is 36.2 Å². The molecule has 0 aromatic heterocycles. The third kappa shape index (κ3) is 7.92. The van der Waals surface area contributed by atoms with Crippen LogP contribution in [0.25, 0.3) is 0 Å². The maximum Gasteiger partial charge on any atom is 0.251 e. The lowest BCUT2D eigenvalue weighted by molar-refractivity contribution is -0.130. The molecule has 3 rings (SSSR count). The van der Waals surface area contributed by atoms with E-state index < -0.39 is 0 Å². The Labute approximate surface area is 212 Å². The second-order valence-electron chi connectivity index (χ2n) is 7.59. The number of carbonyl (C=O) groups excluding carboxylic acids is 2. The Morgan fingerprint density at radius 2 is 1.70 bits per heavy atom. The molecule has 0 saturated carbocycles. The standard InChI is InChI=1S/C24H32N6O2.HI/c1-25-23(32)20-8-6-7-19(17-20)11-12-27-24(26-2)28-18-22(31)30-15-13-29(14-16-30)21-9-4-3-5-10-21;/h3-10,17H,11-16,18H2,1-2H3,(H,25,32)(H2,26,27,28);1H. The van der Waals surface area contributed by atoms with E-state index in [0.29, 0.717) is 31.2 Å². The number of amides is 2. The third-order valence-electron chi connectivity index (χ3n) is 5.51. The molecule has 0 aliphatic carbocycles. The third-order valence-corrected chi connectivity index (χ3v) is 5.51. The van der Waals surface area contributed by atoms with Gasteiger partial charge in [-0.25, -0.2) is 0 Å². The van der Waals surface area contributed by atoms with Crippen molar-refractivity contribution in [1.82, 2.24) is 20.9 Å². The number of anilines is 1. The smallest absolute Gasteiger partial charge is 0.251 e. The molecule has 1 aliphatic heterocycles. The Kier molecular flexibility index (Phi) is 10.9. The molecule has 1 saturated heterocycles. The molecular weight excluding hydrogens is 531 g/mol. The zero-order valence-corrected chi connectivity index (χ0v) is 21.5. The number of piperazine rings is 1. The summed E-state index contributed by atoms with van der Waals surface area (Å²) in [6.45, 7) is 3.93. The van der Waals surface area contributed by atoms with Gasteiger partial charge in [0.05, 0.1) is 6.54 Å². The Balaban J connectivity index is 0.00000385. The quantitative estimate of drug-likeness (QED) is 0.271. The van der Waals surface area contributed by atoms with Gasteiger partial charge in [-0.3, -0.25) is 14.6 Å². The number of benzene rings is 2. The predicted molar refractivity (Wildman–Crippen MR) is 144 cm³/mol. The van der Waals surface area contributed by atoms with E-state index in [1.165, 1.54) is 5.69 Å². The first-order valence-corrected chi connectivity index (χ1v) is 10.9. The fourth-order valence-corrected chi connectivity index (χ4v) is 3.68. The number of halogens is 1. The van der Waals surface area contributed by atoms with Gasteiger partial charge in [0.2, 0.25) is 5.91 Å². The zero-order chi connectivity index (χ0) is 22.8. The van der Waals surface area contributed by atoms with E-state index in [-0.39, 0.29) is 42.3 Å². The van der Waals surface area contributed by atoms with Gasteiger partial charge < -0.3 is 25.8 Å². The van der Waals surface area contributed by atoms with E-state index in [2.05, 4.69) is 38.0 Å². The van der Waals surface area contributed by atoms with Gasteiger partial charge >= 0.3 is 0 Å². The van der Waals surface area contributed by atoms with Crippen LogP contribution < -0.4 is 20.9 Å². The highest BCUT2D eigenvalue weighted by molar-refractivity contribution is 14.0. The lowest BCUT2D eigenvalue weighted by Gasteiger charge is -2.36. The van der Waals surface area contributed by atoms with Crippen LogP contribution in [0.2, 0.25) is 0 Å². The van der Waals surface area contributed by atoms with Gasteiger partial charge in [-0.2, -0.15) is 0 Å². The Morgan fingerprint density at radius 1 is 0.970 bits per heavy atom. The van der Waals surface area contributed by atoms with Crippen molar-refractivity contribution in [3.63, 3.8) is 0 Å². The van der Waals surface area contributed by atoms with Gasteiger partial charge in [0.25, 0.3) is 5.91 Å². The average Bonchev–Trinajstić information content (AvgIpc) is 2.86.